The lowest BCUT2D eigenvalue weighted by molar-refractivity contribution is -0.171. The van der Waals surface area contributed by atoms with Crippen LogP contribution in [0.1, 0.15) is 36.3 Å². The Hall–Kier alpha value is -3.75. The number of fused-ring (bicyclic) bond motifs is 1. The van der Waals surface area contributed by atoms with Gasteiger partial charge in [0.1, 0.15) is 17.6 Å². The molecule has 0 saturated heterocycles. The van der Waals surface area contributed by atoms with Crippen LogP contribution in [0, 0.1) is 0 Å². The van der Waals surface area contributed by atoms with Gasteiger partial charge in [-0.2, -0.15) is 13.2 Å². The molecule has 0 radical (unpaired) electrons. The molecule has 5 rings (SSSR count). The van der Waals surface area contributed by atoms with Crippen molar-refractivity contribution < 1.29 is 31.6 Å². The molecule has 9 heteroatoms. The van der Waals surface area contributed by atoms with Crippen LogP contribution in [0.25, 0.3) is 0 Å². The second-order valence-electron chi connectivity index (χ2n) is 7.67. The Morgan fingerprint density at radius 2 is 1.66 bits per heavy atom. The summed E-state index contributed by atoms with van der Waals surface area (Å²) >= 11 is 0. The van der Waals surface area contributed by atoms with Crippen LogP contribution in [0.2, 0.25) is 0 Å². The van der Waals surface area contributed by atoms with Crippen molar-refractivity contribution in [3.8, 4) is 0 Å². The normalized spacial score (nSPS) is 21.0. The van der Waals surface area contributed by atoms with Crippen LogP contribution in [0.15, 0.2) is 81.2 Å². The van der Waals surface area contributed by atoms with E-state index in [9.17, 15) is 22.8 Å². The van der Waals surface area contributed by atoms with Gasteiger partial charge in [0.25, 0.3) is 0 Å². The van der Waals surface area contributed by atoms with Crippen LogP contribution in [0.4, 0.5) is 24.5 Å². The zero-order chi connectivity index (χ0) is 22.5. The highest BCUT2D eigenvalue weighted by Gasteiger charge is 2.50. The zero-order valence-corrected chi connectivity index (χ0v) is 16.6. The molecule has 0 spiro atoms. The highest BCUT2D eigenvalue weighted by atomic mass is 19.4. The average Bonchev–Trinajstić information content (AvgIpc) is 3.44. The van der Waals surface area contributed by atoms with Crippen molar-refractivity contribution in [2.45, 2.75) is 31.0 Å². The molecule has 6 nitrogen and oxygen atoms in total. The van der Waals surface area contributed by atoms with E-state index in [4.69, 9.17) is 8.83 Å². The van der Waals surface area contributed by atoms with Crippen molar-refractivity contribution in [1.82, 2.24) is 0 Å². The van der Waals surface area contributed by atoms with E-state index in [0.29, 0.717) is 28.5 Å². The molecule has 0 unspecified atom stereocenters. The average molecular weight is 442 g/mol. The predicted octanol–water partition coefficient (Wildman–Crippen LogP) is 5.34. The van der Waals surface area contributed by atoms with Gasteiger partial charge in [0, 0.05) is 23.6 Å². The molecule has 2 aliphatic rings. The summed E-state index contributed by atoms with van der Waals surface area (Å²) in [4.78, 5) is 26.6. The minimum atomic E-state index is -5.16. The molecular weight excluding hydrogens is 425 g/mol. The van der Waals surface area contributed by atoms with Gasteiger partial charge in [0.15, 0.2) is 5.78 Å². The fourth-order valence-electron chi connectivity index (χ4n) is 4.39. The zero-order valence-electron chi connectivity index (χ0n) is 16.6. The van der Waals surface area contributed by atoms with Gasteiger partial charge in [-0.1, -0.05) is 12.1 Å². The molecule has 2 atom stereocenters. The molecule has 1 N–H and O–H groups in total. The van der Waals surface area contributed by atoms with E-state index in [1.165, 1.54) is 36.8 Å². The van der Waals surface area contributed by atoms with Crippen molar-refractivity contribution in [3.63, 3.8) is 0 Å². The van der Waals surface area contributed by atoms with E-state index in [1.54, 1.807) is 24.3 Å². The van der Waals surface area contributed by atoms with Crippen LogP contribution in [-0.4, -0.2) is 17.9 Å². The monoisotopic (exact) mass is 442 g/mol. The summed E-state index contributed by atoms with van der Waals surface area (Å²) in [7, 11) is 0. The van der Waals surface area contributed by atoms with Gasteiger partial charge in [-0.05, 0) is 42.8 Å². The number of halogens is 3. The summed E-state index contributed by atoms with van der Waals surface area (Å²) in [6.45, 7) is 0. The van der Waals surface area contributed by atoms with Crippen molar-refractivity contribution in [2.24, 2.45) is 0 Å². The van der Waals surface area contributed by atoms with E-state index in [2.05, 4.69) is 5.32 Å². The number of anilines is 2. The summed E-state index contributed by atoms with van der Waals surface area (Å²) in [5.41, 5.74) is 0.818. The van der Waals surface area contributed by atoms with Crippen molar-refractivity contribution in [3.05, 3.63) is 83.8 Å². The lowest BCUT2D eigenvalue weighted by Crippen LogP contribution is -2.45. The summed E-state index contributed by atoms with van der Waals surface area (Å²) in [6, 6.07) is 11.2. The smallest absolute Gasteiger partial charge is 0.469 e. The van der Waals surface area contributed by atoms with Crippen molar-refractivity contribution in [1.29, 1.82) is 0 Å². The van der Waals surface area contributed by atoms with E-state index < -0.39 is 18.1 Å². The molecule has 2 aromatic heterocycles. The summed E-state index contributed by atoms with van der Waals surface area (Å²) in [6.07, 6.45) is -1.98. The number of nitrogens with one attached hydrogen (secondary N) is 1. The second-order valence-corrected chi connectivity index (χ2v) is 7.67. The molecule has 0 saturated carbocycles. The minimum absolute atomic E-state index is 0.00738. The highest BCUT2D eigenvalue weighted by Crippen LogP contribution is 2.48. The standard InChI is InChI=1S/C23H17F3N2O4/c24-23(25,26)22(30)28-16-6-2-1-5-14(16)27-15-11-13(18-7-3-9-31-18)12-17(29)20(15)21(28)19-8-4-10-32-19/h1-10,13,21,27H,11-12H2/t13-,21-/m1/s1. The maximum Gasteiger partial charge on any atom is 0.471 e. The number of ketones is 1. The molecule has 32 heavy (non-hydrogen) atoms. The van der Waals surface area contributed by atoms with Gasteiger partial charge < -0.3 is 14.2 Å². The van der Waals surface area contributed by atoms with Gasteiger partial charge in [0.05, 0.1) is 23.9 Å². The first kappa shape index (κ1) is 20.2. The number of hydrogen-bond donors (Lipinski definition) is 1. The van der Waals surface area contributed by atoms with E-state index in [1.807, 2.05) is 0 Å². The van der Waals surface area contributed by atoms with Gasteiger partial charge in [0.2, 0.25) is 0 Å². The Morgan fingerprint density at radius 3 is 2.31 bits per heavy atom. The van der Waals surface area contributed by atoms with Gasteiger partial charge in [-0.15, -0.1) is 0 Å². The third-order valence-electron chi connectivity index (χ3n) is 5.71. The molecule has 164 valence electrons. The Bertz CT molecular complexity index is 1200. The van der Waals surface area contributed by atoms with Crippen LogP contribution >= 0.6 is 0 Å². The lowest BCUT2D eigenvalue weighted by atomic mass is 9.81. The maximum absolute atomic E-state index is 13.7. The van der Waals surface area contributed by atoms with E-state index in [-0.39, 0.29) is 35.1 Å². The fraction of sp³-hybridized carbons (Fsp3) is 0.217. The van der Waals surface area contributed by atoms with Crippen LogP contribution in [0.3, 0.4) is 0 Å². The molecule has 0 fully saturated rings. The number of allylic oxidation sites excluding steroid dienone is 1. The number of benzene rings is 1. The Labute approximate surface area is 180 Å². The lowest BCUT2D eigenvalue weighted by Gasteiger charge is -2.33. The second kappa shape index (κ2) is 7.44. The quantitative estimate of drug-likeness (QED) is 0.580. The highest BCUT2D eigenvalue weighted by molar-refractivity contribution is 6.07. The first-order valence-electron chi connectivity index (χ1n) is 9.94. The third-order valence-corrected chi connectivity index (χ3v) is 5.71. The minimum Gasteiger partial charge on any atom is -0.469 e. The fourth-order valence-corrected chi connectivity index (χ4v) is 4.39. The third kappa shape index (κ3) is 3.30. The van der Waals surface area contributed by atoms with E-state index >= 15 is 0 Å². The molecular formula is C23H17F3N2O4. The molecule has 1 aliphatic carbocycles. The summed E-state index contributed by atoms with van der Waals surface area (Å²) < 4.78 is 52.0. The van der Waals surface area contributed by atoms with Gasteiger partial charge in [-0.25, -0.2) is 0 Å². The van der Waals surface area contributed by atoms with E-state index in [0.717, 1.165) is 0 Å². The Balaban J connectivity index is 1.73. The summed E-state index contributed by atoms with van der Waals surface area (Å²) in [5, 5.41) is 3.13. The van der Waals surface area contributed by atoms with Crippen LogP contribution in [-0.2, 0) is 9.59 Å². The van der Waals surface area contributed by atoms with Crippen LogP contribution < -0.4 is 10.2 Å². The number of hydrogen-bond acceptors (Lipinski definition) is 5. The van der Waals surface area contributed by atoms with Gasteiger partial charge in [-0.3, -0.25) is 14.5 Å². The number of para-hydroxylation sites is 2. The topological polar surface area (TPSA) is 75.7 Å². The number of alkyl halides is 3. The summed E-state index contributed by atoms with van der Waals surface area (Å²) in [5.74, 6) is -2.06. The predicted molar refractivity (Wildman–Crippen MR) is 108 cm³/mol. The number of carbonyl (C=O) groups is 2. The number of rotatable bonds is 2. The molecule has 1 amide bonds. The molecule has 3 aromatic rings. The first-order valence-corrected chi connectivity index (χ1v) is 9.94. The van der Waals surface area contributed by atoms with Crippen molar-refractivity contribution >= 4 is 23.1 Å². The van der Waals surface area contributed by atoms with Crippen molar-refractivity contribution in [2.75, 3.05) is 10.2 Å². The number of furan rings is 2. The molecule has 0 bridgehead atoms. The number of amides is 1. The Kier molecular flexibility index (Phi) is 4.69. The SMILES string of the molecule is O=C1C[C@H](c2ccco2)CC2=C1[C@@H](c1ccco1)N(C(=O)C(F)(F)F)c1ccccc1N2. The molecule has 1 aliphatic heterocycles. The van der Waals surface area contributed by atoms with Gasteiger partial charge >= 0.3 is 12.1 Å². The largest absolute Gasteiger partial charge is 0.471 e. The number of nitrogens with zero attached hydrogens (tertiary/aromatic N) is 1. The Morgan fingerprint density at radius 1 is 0.969 bits per heavy atom. The molecule has 3 heterocycles. The van der Waals surface area contributed by atoms with Crippen LogP contribution in [0.5, 0.6) is 0 Å². The molecule has 1 aromatic carbocycles. The number of carbonyl (C=O) groups excluding carboxylic acids is 2. The maximum atomic E-state index is 13.7. The first-order chi connectivity index (χ1) is 15.3. The number of Topliss-reactive ketones (excluding diaryl/α,β-unsaturated/α-hetero) is 1.